The molecular weight excluding hydrogens is 344 g/mol. The maximum atomic E-state index is 12.4. The van der Waals surface area contributed by atoms with Crippen molar-refractivity contribution < 1.29 is 22.7 Å². The Morgan fingerprint density at radius 2 is 2.17 bits per heavy atom. The Kier molecular flexibility index (Phi) is 4.39. The van der Waals surface area contributed by atoms with Crippen LogP contribution in [0.25, 0.3) is 0 Å². The number of rotatable bonds is 6. The van der Waals surface area contributed by atoms with Crippen molar-refractivity contribution in [2.45, 2.75) is 29.9 Å². The predicted octanol–water partition coefficient (Wildman–Crippen LogP) is 1.61. The lowest BCUT2D eigenvalue weighted by molar-refractivity contribution is 0.133. The van der Waals surface area contributed by atoms with E-state index >= 15 is 0 Å². The van der Waals surface area contributed by atoms with Gasteiger partial charge in [0.25, 0.3) is 0 Å². The molecule has 0 bridgehead atoms. The highest BCUT2D eigenvalue weighted by molar-refractivity contribution is 7.89. The van der Waals surface area contributed by atoms with Gasteiger partial charge in [-0.1, -0.05) is 11.6 Å². The Hall–Kier alpha value is -1.51. The number of amides is 1. The lowest BCUT2D eigenvalue weighted by atomic mass is 10.3. The molecule has 0 radical (unpaired) electrons. The first kappa shape index (κ1) is 16.4. The van der Waals surface area contributed by atoms with Crippen molar-refractivity contribution in [3.8, 4) is 5.75 Å². The van der Waals surface area contributed by atoms with Crippen molar-refractivity contribution in [3.05, 3.63) is 23.2 Å². The van der Waals surface area contributed by atoms with E-state index in [1.54, 1.807) is 11.0 Å². The zero-order valence-electron chi connectivity index (χ0n) is 12.5. The summed E-state index contributed by atoms with van der Waals surface area (Å²) in [4.78, 5) is 13.3. The van der Waals surface area contributed by atoms with Crippen LogP contribution in [-0.2, 0) is 14.8 Å². The third kappa shape index (κ3) is 3.54. The number of hydrogen-bond acceptors (Lipinski definition) is 5. The Labute approximate surface area is 139 Å². The van der Waals surface area contributed by atoms with Crippen molar-refractivity contribution >= 4 is 27.7 Å². The summed E-state index contributed by atoms with van der Waals surface area (Å²) in [6.45, 7) is 0.408. The van der Waals surface area contributed by atoms with Crippen molar-refractivity contribution in [1.82, 2.24) is 9.62 Å². The molecule has 1 atom stereocenters. The largest absolute Gasteiger partial charge is 0.495 e. The lowest BCUT2D eigenvalue weighted by Gasteiger charge is -2.13. The summed E-state index contributed by atoms with van der Waals surface area (Å²) in [6, 6.07) is 4.60. The van der Waals surface area contributed by atoms with E-state index in [0.29, 0.717) is 11.6 Å². The van der Waals surface area contributed by atoms with Gasteiger partial charge in [-0.15, -0.1) is 0 Å². The fourth-order valence-corrected chi connectivity index (χ4v) is 3.97. The highest BCUT2D eigenvalue weighted by Gasteiger charge is 2.41. The second-order valence-electron chi connectivity index (χ2n) is 5.54. The lowest BCUT2D eigenvalue weighted by Crippen LogP contribution is -2.35. The molecule has 1 heterocycles. The van der Waals surface area contributed by atoms with E-state index in [1.807, 2.05) is 0 Å². The molecule has 1 saturated heterocycles. The van der Waals surface area contributed by atoms with Gasteiger partial charge in [0.1, 0.15) is 16.7 Å². The van der Waals surface area contributed by atoms with Crippen LogP contribution < -0.4 is 9.46 Å². The minimum absolute atomic E-state index is 0.00691. The Bertz CT molecular complexity index is 720. The van der Waals surface area contributed by atoms with E-state index < -0.39 is 16.1 Å². The summed E-state index contributed by atoms with van der Waals surface area (Å²) < 4.78 is 37.6. The predicted molar refractivity (Wildman–Crippen MR) is 83.2 cm³/mol. The number of cyclic esters (lactones) is 1. The second kappa shape index (κ2) is 6.18. The van der Waals surface area contributed by atoms with E-state index in [2.05, 4.69) is 4.72 Å². The molecule has 2 aliphatic rings. The molecule has 9 heteroatoms. The first-order valence-electron chi connectivity index (χ1n) is 7.21. The molecule has 3 rings (SSSR count). The zero-order valence-corrected chi connectivity index (χ0v) is 14.1. The van der Waals surface area contributed by atoms with Crippen molar-refractivity contribution in [2.24, 2.45) is 0 Å². The van der Waals surface area contributed by atoms with Crippen LogP contribution in [0.5, 0.6) is 5.75 Å². The van der Waals surface area contributed by atoms with Gasteiger partial charge in [0.2, 0.25) is 10.0 Å². The highest BCUT2D eigenvalue weighted by Crippen LogP contribution is 2.31. The molecule has 0 spiro atoms. The molecule has 1 aliphatic heterocycles. The van der Waals surface area contributed by atoms with Crippen LogP contribution >= 0.6 is 11.6 Å². The first-order chi connectivity index (χ1) is 10.9. The molecule has 1 aliphatic carbocycles. The molecule has 7 nitrogen and oxygen atoms in total. The Balaban J connectivity index is 1.67. The van der Waals surface area contributed by atoms with Gasteiger partial charge in [0, 0.05) is 17.6 Å². The van der Waals surface area contributed by atoms with Crippen LogP contribution in [-0.4, -0.2) is 51.8 Å². The van der Waals surface area contributed by atoms with E-state index in [0.717, 1.165) is 12.8 Å². The maximum Gasteiger partial charge on any atom is 0.410 e. The number of ether oxygens (including phenoxy) is 2. The quantitative estimate of drug-likeness (QED) is 0.833. The van der Waals surface area contributed by atoms with Crippen LogP contribution in [0.4, 0.5) is 4.79 Å². The molecule has 1 saturated carbocycles. The van der Waals surface area contributed by atoms with Gasteiger partial charge >= 0.3 is 6.09 Å². The monoisotopic (exact) mass is 360 g/mol. The second-order valence-corrected chi connectivity index (χ2v) is 7.71. The summed E-state index contributed by atoms with van der Waals surface area (Å²) >= 11 is 5.86. The normalized spacial score (nSPS) is 21.4. The molecule has 1 aromatic rings. The number of carbonyl (C=O) groups is 1. The number of halogens is 1. The van der Waals surface area contributed by atoms with Crippen molar-refractivity contribution in [3.63, 3.8) is 0 Å². The smallest absolute Gasteiger partial charge is 0.410 e. The summed E-state index contributed by atoms with van der Waals surface area (Å²) in [6.07, 6.45) is 1.08. The first-order valence-corrected chi connectivity index (χ1v) is 9.07. The van der Waals surface area contributed by atoms with Gasteiger partial charge in [-0.2, -0.15) is 0 Å². The third-order valence-corrected chi connectivity index (χ3v) is 5.49. The fraction of sp³-hybridized carbons (Fsp3) is 0.500. The van der Waals surface area contributed by atoms with Crippen LogP contribution in [0.2, 0.25) is 5.02 Å². The molecule has 23 heavy (non-hydrogen) atoms. The van der Waals surface area contributed by atoms with Gasteiger partial charge < -0.3 is 14.4 Å². The third-order valence-electron chi connectivity index (χ3n) is 3.81. The average molecular weight is 361 g/mol. The van der Waals surface area contributed by atoms with Crippen LogP contribution in [0.1, 0.15) is 12.8 Å². The summed E-state index contributed by atoms with van der Waals surface area (Å²) in [5.74, 6) is 0.199. The van der Waals surface area contributed by atoms with Gasteiger partial charge in [-0.25, -0.2) is 17.9 Å². The summed E-state index contributed by atoms with van der Waals surface area (Å²) in [5.41, 5.74) is 0. The highest BCUT2D eigenvalue weighted by atomic mass is 35.5. The molecule has 1 unspecified atom stereocenters. The number of nitrogens with one attached hydrogen (secondary N) is 1. The van der Waals surface area contributed by atoms with Gasteiger partial charge in [0.05, 0.1) is 13.7 Å². The molecule has 1 amide bonds. The molecule has 0 aromatic heterocycles. The number of hydrogen-bond donors (Lipinski definition) is 1. The maximum absolute atomic E-state index is 12.4. The minimum Gasteiger partial charge on any atom is -0.495 e. The van der Waals surface area contributed by atoms with Crippen LogP contribution in [0.3, 0.4) is 0 Å². The SMILES string of the molecule is COc1ccc(Cl)cc1S(=O)(=O)NCC1CN(C2CC2)C(=O)O1. The van der Waals surface area contributed by atoms with E-state index in [4.69, 9.17) is 21.1 Å². The molecule has 2 fully saturated rings. The summed E-state index contributed by atoms with van der Waals surface area (Å²) in [5, 5.41) is 0.290. The van der Waals surface area contributed by atoms with Gasteiger partial charge in [-0.3, -0.25) is 0 Å². The minimum atomic E-state index is -3.82. The fourth-order valence-electron chi connectivity index (χ4n) is 2.47. The standard InChI is InChI=1S/C14H17ClN2O5S/c1-21-12-5-2-9(15)6-13(12)23(19,20)16-7-11-8-17(10-3-4-10)14(18)22-11/h2,5-6,10-11,16H,3-4,7-8H2,1H3. The number of sulfonamides is 1. The number of carbonyl (C=O) groups excluding carboxylic acids is 1. The summed E-state index contributed by atoms with van der Waals surface area (Å²) in [7, 11) is -2.44. The Morgan fingerprint density at radius 3 is 2.83 bits per heavy atom. The molecular formula is C14H17ClN2O5S. The van der Waals surface area contributed by atoms with Crippen LogP contribution in [0, 0.1) is 0 Å². The van der Waals surface area contributed by atoms with Gasteiger partial charge in [0.15, 0.2) is 0 Å². The molecule has 126 valence electrons. The van der Waals surface area contributed by atoms with Crippen molar-refractivity contribution in [2.75, 3.05) is 20.2 Å². The molecule has 1 N–H and O–H groups in total. The number of benzene rings is 1. The van der Waals surface area contributed by atoms with Crippen molar-refractivity contribution in [1.29, 1.82) is 0 Å². The van der Waals surface area contributed by atoms with Gasteiger partial charge in [-0.05, 0) is 31.0 Å². The topological polar surface area (TPSA) is 84.9 Å². The number of nitrogens with zero attached hydrogens (tertiary/aromatic N) is 1. The van der Waals surface area contributed by atoms with Crippen LogP contribution in [0.15, 0.2) is 23.1 Å². The zero-order chi connectivity index (χ0) is 16.6. The number of methoxy groups -OCH3 is 1. The molecule has 1 aromatic carbocycles. The average Bonchev–Trinajstić information content (AvgIpc) is 3.28. The Morgan fingerprint density at radius 1 is 1.43 bits per heavy atom. The van der Waals surface area contributed by atoms with E-state index in [-0.39, 0.29) is 29.3 Å². The van der Waals surface area contributed by atoms with E-state index in [1.165, 1.54) is 19.2 Å². The van der Waals surface area contributed by atoms with E-state index in [9.17, 15) is 13.2 Å².